The quantitative estimate of drug-likeness (QED) is 0.915. The van der Waals surface area contributed by atoms with Crippen LogP contribution in [-0.2, 0) is 6.54 Å². The van der Waals surface area contributed by atoms with Crippen molar-refractivity contribution in [2.75, 3.05) is 26.2 Å². The lowest BCUT2D eigenvalue weighted by Gasteiger charge is -2.31. The maximum absolute atomic E-state index is 12.5. The standard InChI is InChI=1S/C13H18BrN3OS/c14-11-3-8-19-12(11)9-16-6-7-17(13(16)18)10-1-4-15-5-2-10/h3,8,10,15H,1-2,4-7,9H2. The second kappa shape index (κ2) is 5.81. The van der Waals surface area contributed by atoms with E-state index in [-0.39, 0.29) is 6.03 Å². The van der Waals surface area contributed by atoms with Crippen LogP contribution in [0, 0.1) is 0 Å². The van der Waals surface area contributed by atoms with Gasteiger partial charge in [-0.25, -0.2) is 4.79 Å². The lowest BCUT2D eigenvalue weighted by molar-refractivity contribution is 0.165. The zero-order valence-corrected chi connectivity index (χ0v) is 13.2. The van der Waals surface area contributed by atoms with E-state index < -0.39 is 0 Å². The van der Waals surface area contributed by atoms with Crippen molar-refractivity contribution in [2.24, 2.45) is 0 Å². The number of urea groups is 1. The summed E-state index contributed by atoms with van der Waals surface area (Å²) in [6.07, 6.45) is 2.17. The highest BCUT2D eigenvalue weighted by molar-refractivity contribution is 9.10. The second-order valence-electron chi connectivity index (χ2n) is 5.07. The van der Waals surface area contributed by atoms with Crippen LogP contribution in [0.1, 0.15) is 17.7 Å². The molecule has 1 aromatic heterocycles. The summed E-state index contributed by atoms with van der Waals surface area (Å²) in [7, 11) is 0. The lowest BCUT2D eigenvalue weighted by Crippen LogP contribution is -2.45. The van der Waals surface area contributed by atoms with Crippen molar-refractivity contribution in [2.45, 2.75) is 25.4 Å². The fourth-order valence-corrected chi connectivity index (χ4v) is 4.31. The van der Waals surface area contributed by atoms with Crippen LogP contribution in [0.2, 0.25) is 0 Å². The molecule has 2 saturated heterocycles. The number of halogens is 1. The van der Waals surface area contributed by atoms with E-state index in [2.05, 4.69) is 31.5 Å². The monoisotopic (exact) mass is 343 g/mol. The normalized spacial score (nSPS) is 21.4. The number of carbonyl (C=O) groups is 1. The first-order chi connectivity index (χ1) is 9.25. The molecule has 104 valence electrons. The zero-order chi connectivity index (χ0) is 13.2. The Hall–Kier alpha value is -0.590. The van der Waals surface area contributed by atoms with E-state index in [1.807, 2.05) is 11.0 Å². The third kappa shape index (κ3) is 2.80. The number of rotatable bonds is 3. The molecule has 2 aliphatic heterocycles. The van der Waals surface area contributed by atoms with Crippen molar-refractivity contribution in [1.82, 2.24) is 15.1 Å². The summed E-state index contributed by atoms with van der Waals surface area (Å²) in [5.41, 5.74) is 0. The fourth-order valence-electron chi connectivity index (χ4n) is 2.82. The van der Waals surface area contributed by atoms with Crippen LogP contribution in [0.5, 0.6) is 0 Å². The van der Waals surface area contributed by atoms with Gasteiger partial charge < -0.3 is 15.1 Å². The van der Waals surface area contributed by atoms with E-state index >= 15 is 0 Å². The van der Waals surface area contributed by atoms with Crippen molar-refractivity contribution in [3.63, 3.8) is 0 Å². The van der Waals surface area contributed by atoms with Crippen LogP contribution in [-0.4, -0.2) is 48.1 Å². The molecule has 0 saturated carbocycles. The van der Waals surface area contributed by atoms with Gasteiger partial charge in [0.25, 0.3) is 0 Å². The lowest BCUT2D eigenvalue weighted by atomic mass is 10.1. The van der Waals surface area contributed by atoms with Crippen LogP contribution >= 0.6 is 27.3 Å². The Kier molecular flexibility index (Phi) is 4.10. The topological polar surface area (TPSA) is 35.6 Å². The van der Waals surface area contributed by atoms with Gasteiger partial charge in [-0.05, 0) is 53.3 Å². The van der Waals surface area contributed by atoms with Gasteiger partial charge in [-0.2, -0.15) is 0 Å². The highest BCUT2D eigenvalue weighted by Crippen LogP contribution is 2.27. The maximum Gasteiger partial charge on any atom is 0.320 e. The molecule has 1 N–H and O–H groups in total. The van der Waals surface area contributed by atoms with Crippen molar-refractivity contribution < 1.29 is 4.79 Å². The summed E-state index contributed by atoms with van der Waals surface area (Å²) in [6, 6.07) is 2.70. The molecule has 2 fully saturated rings. The van der Waals surface area contributed by atoms with Crippen LogP contribution in [0.15, 0.2) is 15.9 Å². The minimum atomic E-state index is 0.215. The third-order valence-corrected chi connectivity index (χ3v) is 5.81. The van der Waals surface area contributed by atoms with E-state index in [9.17, 15) is 4.79 Å². The summed E-state index contributed by atoms with van der Waals surface area (Å²) >= 11 is 5.24. The largest absolute Gasteiger partial charge is 0.320 e. The Bertz CT molecular complexity index is 458. The summed E-state index contributed by atoms with van der Waals surface area (Å²) < 4.78 is 1.12. The molecule has 0 atom stereocenters. The van der Waals surface area contributed by atoms with E-state index in [0.717, 1.165) is 50.0 Å². The first-order valence-electron chi connectivity index (χ1n) is 6.74. The molecule has 0 spiro atoms. The molecule has 4 nitrogen and oxygen atoms in total. The Labute approximate surface area is 125 Å². The summed E-state index contributed by atoms with van der Waals surface area (Å²) in [6.45, 7) is 4.54. The molecular weight excluding hydrogens is 326 g/mol. The van der Waals surface area contributed by atoms with Crippen molar-refractivity contribution >= 4 is 33.3 Å². The number of hydrogen-bond acceptors (Lipinski definition) is 3. The molecule has 19 heavy (non-hydrogen) atoms. The highest BCUT2D eigenvalue weighted by Gasteiger charge is 2.34. The third-order valence-electron chi connectivity index (χ3n) is 3.90. The highest BCUT2D eigenvalue weighted by atomic mass is 79.9. The van der Waals surface area contributed by atoms with Gasteiger partial charge in [-0.15, -0.1) is 11.3 Å². The fraction of sp³-hybridized carbons (Fsp3) is 0.615. The summed E-state index contributed by atoms with van der Waals surface area (Å²) in [5.74, 6) is 0. The molecule has 2 amide bonds. The molecule has 1 aromatic rings. The minimum absolute atomic E-state index is 0.215. The van der Waals surface area contributed by atoms with Gasteiger partial charge in [0, 0.05) is 28.5 Å². The first kappa shape index (κ1) is 13.4. The number of thiophene rings is 1. The second-order valence-corrected chi connectivity index (χ2v) is 6.93. The Morgan fingerprint density at radius 2 is 2.16 bits per heavy atom. The molecule has 0 bridgehead atoms. The SMILES string of the molecule is O=C1N(Cc2sccc2Br)CCN1C1CCNCC1. The van der Waals surface area contributed by atoms with E-state index in [4.69, 9.17) is 0 Å². The molecule has 0 aromatic carbocycles. The zero-order valence-electron chi connectivity index (χ0n) is 10.8. The van der Waals surface area contributed by atoms with Crippen LogP contribution in [0.3, 0.4) is 0 Å². The number of carbonyl (C=O) groups excluding carboxylic acids is 1. The van der Waals surface area contributed by atoms with Gasteiger partial charge in [0.15, 0.2) is 0 Å². The molecule has 3 rings (SSSR count). The number of hydrogen-bond donors (Lipinski definition) is 1. The smallest absolute Gasteiger partial charge is 0.320 e. The molecule has 0 radical (unpaired) electrons. The van der Waals surface area contributed by atoms with E-state index in [1.165, 1.54) is 4.88 Å². The molecule has 2 aliphatic rings. The predicted octanol–water partition coefficient (Wildman–Crippen LogP) is 2.50. The summed E-state index contributed by atoms with van der Waals surface area (Å²) in [5, 5.41) is 5.41. The minimum Gasteiger partial charge on any atom is -0.320 e. The van der Waals surface area contributed by atoms with Gasteiger partial charge in [-0.3, -0.25) is 0 Å². The van der Waals surface area contributed by atoms with Gasteiger partial charge in [-0.1, -0.05) is 0 Å². The molecule has 6 heteroatoms. The Morgan fingerprint density at radius 3 is 2.84 bits per heavy atom. The molecule has 0 aliphatic carbocycles. The molecular formula is C13H18BrN3OS. The Morgan fingerprint density at radius 1 is 1.37 bits per heavy atom. The average molecular weight is 344 g/mol. The first-order valence-corrected chi connectivity index (χ1v) is 8.41. The van der Waals surface area contributed by atoms with Crippen LogP contribution in [0.25, 0.3) is 0 Å². The van der Waals surface area contributed by atoms with Gasteiger partial charge in [0.1, 0.15) is 0 Å². The number of amides is 2. The van der Waals surface area contributed by atoms with E-state index in [1.54, 1.807) is 11.3 Å². The van der Waals surface area contributed by atoms with Gasteiger partial charge >= 0.3 is 6.03 Å². The van der Waals surface area contributed by atoms with Crippen LogP contribution < -0.4 is 5.32 Å². The van der Waals surface area contributed by atoms with Crippen LogP contribution in [0.4, 0.5) is 4.79 Å². The molecule has 3 heterocycles. The van der Waals surface area contributed by atoms with Crippen molar-refractivity contribution in [1.29, 1.82) is 0 Å². The average Bonchev–Trinajstić information content (AvgIpc) is 2.99. The number of piperidine rings is 1. The van der Waals surface area contributed by atoms with E-state index in [0.29, 0.717) is 6.04 Å². The van der Waals surface area contributed by atoms with Crippen molar-refractivity contribution in [3.05, 3.63) is 20.8 Å². The number of nitrogens with one attached hydrogen (secondary N) is 1. The molecule has 0 unspecified atom stereocenters. The Balaban J connectivity index is 1.63. The summed E-state index contributed by atoms with van der Waals surface area (Å²) in [4.78, 5) is 17.7. The maximum atomic E-state index is 12.5. The van der Waals surface area contributed by atoms with Gasteiger partial charge in [0.2, 0.25) is 0 Å². The van der Waals surface area contributed by atoms with Gasteiger partial charge in [0.05, 0.1) is 6.54 Å². The predicted molar refractivity (Wildman–Crippen MR) is 80.4 cm³/mol. The van der Waals surface area contributed by atoms with Crippen molar-refractivity contribution in [3.8, 4) is 0 Å². The number of nitrogens with zero attached hydrogens (tertiary/aromatic N) is 2.